The Morgan fingerprint density at radius 2 is 1.93 bits per heavy atom. The molecule has 168 valence electrons. The molecule has 3 rings (SSSR count). The molecule has 6 nitrogen and oxygen atoms in total. The summed E-state index contributed by atoms with van der Waals surface area (Å²) in [5, 5.41) is 10.0. The lowest BCUT2D eigenvalue weighted by Crippen LogP contribution is -2.43. The predicted octanol–water partition coefficient (Wildman–Crippen LogP) is 3.03. The molecule has 0 aliphatic carbocycles. The highest BCUT2D eigenvalue weighted by Crippen LogP contribution is 2.37. The van der Waals surface area contributed by atoms with E-state index in [-0.39, 0.29) is 18.4 Å². The van der Waals surface area contributed by atoms with Gasteiger partial charge in [-0.05, 0) is 55.2 Å². The first-order valence-corrected chi connectivity index (χ1v) is 11.4. The van der Waals surface area contributed by atoms with Crippen LogP contribution in [0.3, 0.4) is 0 Å². The van der Waals surface area contributed by atoms with Crippen LogP contribution in [0.1, 0.15) is 39.2 Å². The number of aliphatic hydroxyl groups excluding tert-OH is 1. The number of hydrogen-bond donors (Lipinski definition) is 1. The first-order valence-electron chi connectivity index (χ1n) is 11.4. The molecule has 30 heavy (non-hydrogen) atoms. The van der Waals surface area contributed by atoms with Crippen molar-refractivity contribution in [1.29, 1.82) is 0 Å². The largest absolute Gasteiger partial charge is 0.493 e. The Bertz CT molecular complexity index is 700. The van der Waals surface area contributed by atoms with Gasteiger partial charge < -0.3 is 19.5 Å². The predicted molar refractivity (Wildman–Crippen MR) is 118 cm³/mol. The minimum Gasteiger partial charge on any atom is -0.493 e. The molecule has 2 atom stereocenters. The number of nitrogens with zero attached hydrogens (tertiary/aromatic N) is 2. The maximum absolute atomic E-state index is 12.3. The zero-order chi connectivity index (χ0) is 21.7. The quantitative estimate of drug-likeness (QED) is 0.703. The van der Waals surface area contributed by atoms with Crippen LogP contribution in [0.2, 0.25) is 0 Å². The molecule has 0 aromatic heterocycles. The second kappa shape index (κ2) is 10.5. The summed E-state index contributed by atoms with van der Waals surface area (Å²) in [6, 6.07) is 6.14. The fourth-order valence-electron chi connectivity index (χ4n) is 5.10. The number of carbonyl (C=O) groups excluding carboxylic acids is 1. The molecule has 6 heteroatoms. The molecule has 2 saturated heterocycles. The van der Waals surface area contributed by atoms with E-state index in [0.717, 1.165) is 57.1 Å². The lowest BCUT2D eigenvalue weighted by molar-refractivity contribution is -0.136. The summed E-state index contributed by atoms with van der Waals surface area (Å²) in [4.78, 5) is 16.7. The van der Waals surface area contributed by atoms with Crippen molar-refractivity contribution in [2.75, 3.05) is 46.5 Å². The van der Waals surface area contributed by atoms with Gasteiger partial charge in [0, 0.05) is 45.2 Å². The maximum Gasteiger partial charge on any atom is 0.225 e. The number of likely N-dealkylation sites (tertiary alicyclic amines) is 2. The van der Waals surface area contributed by atoms with Crippen molar-refractivity contribution in [2.45, 2.75) is 40.2 Å². The molecule has 2 aliphatic heterocycles. The smallest absolute Gasteiger partial charge is 0.225 e. The van der Waals surface area contributed by atoms with E-state index in [1.54, 1.807) is 7.11 Å². The SMILES string of the molecule is CCOc1ccc(CN2C[C@@H](CO)[C@H](C3CCN(C(=O)C(C)C)CC3)C2)cc1OC. The highest BCUT2D eigenvalue weighted by molar-refractivity contribution is 5.78. The normalized spacial score (nSPS) is 23.2. The number of rotatable bonds is 8. The average Bonchev–Trinajstić information content (AvgIpc) is 3.17. The van der Waals surface area contributed by atoms with Gasteiger partial charge in [0.05, 0.1) is 13.7 Å². The first-order chi connectivity index (χ1) is 14.5. The number of ether oxygens (including phenoxy) is 2. The van der Waals surface area contributed by atoms with E-state index in [0.29, 0.717) is 24.4 Å². The Labute approximate surface area is 181 Å². The summed E-state index contributed by atoms with van der Waals surface area (Å²) in [6.07, 6.45) is 2.09. The average molecular weight is 419 g/mol. The molecule has 0 spiro atoms. The second-order valence-electron chi connectivity index (χ2n) is 9.04. The van der Waals surface area contributed by atoms with Gasteiger partial charge in [-0.15, -0.1) is 0 Å². The van der Waals surface area contributed by atoms with Gasteiger partial charge in [-0.3, -0.25) is 9.69 Å². The molecular formula is C24H38N2O4. The molecule has 0 radical (unpaired) electrons. The van der Waals surface area contributed by atoms with Crippen molar-refractivity contribution >= 4 is 5.91 Å². The van der Waals surface area contributed by atoms with E-state index >= 15 is 0 Å². The Morgan fingerprint density at radius 3 is 2.53 bits per heavy atom. The highest BCUT2D eigenvalue weighted by atomic mass is 16.5. The van der Waals surface area contributed by atoms with E-state index in [1.807, 2.05) is 31.7 Å². The zero-order valence-electron chi connectivity index (χ0n) is 19.0. The number of methoxy groups -OCH3 is 1. The Kier molecular flexibility index (Phi) is 8.00. The fraction of sp³-hybridized carbons (Fsp3) is 0.708. The van der Waals surface area contributed by atoms with Crippen LogP contribution in [0.25, 0.3) is 0 Å². The summed E-state index contributed by atoms with van der Waals surface area (Å²) in [6.45, 7) is 11.2. The number of amides is 1. The van der Waals surface area contributed by atoms with Crippen molar-refractivity contribution in [3.05, 3.63) is 23.8 Å². The van der Waals surface area contributed by atoms with Crippen LogP contribution < -0.4 is 9.47 Å². The highest BCUT2D eigenvalue weighted by Gasteiger charge is 2.39. The van der Waals surface area contributed by atoms with Gasteiger partial charge in [0.2, 0.25) is 5.91 Å². The maximum atomic E-state index is 12.3. The molecule has 1 aromatic carbocycles. The minimum absolute atomic E-state index is 0.0693. The molecular weight excluding hydrogens is 380 g/mol. The molecule has 1 N–H and O–H groups in total. The topological polar surface area (TPSA) is 62.2 Å². The third-order valence-electron chi connectivity index (χ3n) is 6.69. The first kappa shape index (κ1) is 22.9. The van der Waals surface area contributed by atoms with Crippen molar-refractivity contribution < 1.29 is 19.4 Å². The van der Waals surface area contributed by atoms with Crippen LogP contribution in [-0.2, 0) is 11.3 Å². The van der Waals surface area contributed by atoms with E-state index in [1.165, 1.54) is 5.56 Å². The Balaban J connectivity index is 1.59. The van der Waals surface area contributed by atoms with Gasteiger partial charge >= 0.3 is 0 Å². The van der Waals surface area contributed by atoms with Gasteiger partial charge in [0.1, 0.15) is 0 Å². The lowest BCUT2D eigenvalue weighted by Gasteiger charge is -2.37. The third kappa shape index (κ3) is 5.27. The van der Waals surface area contributed by atoms with E-state index in [9.17, 15) is 9.90 Å². The third-order valence-corrected chi connectivity index (χ3v) is 6.69. The monoisotopic (exact) mass is 418 g/mol. The van der Waals surface area contributed by atoms with Crippen molar-refractivity contribution in [3.63, 3.8) is 0 Å². The summed E-state index contributed by atoms with van der Waals surface area (Å²) < 4.78 is 11.1. The van der Waals surface area contributed by atoms with E-state index < -0.39 is 0 Å². The van der Waals surface area contributed by atoms with Crippen LogP contribution >= 0.6 is 0 Å². The molecule has 0 saturated carbocycles. The van der Waals surface area contributed by atoms with Crippen LogP contribution in [0.4, 0.5) is 0 Å². The number of benzene rings is 1. The van der Waals surface area contributed by atoms with E-state index in [2.05, 4.69) is 17.0 Å². The van der Waals surface area contributed by atoms with Gasteiger partial charge in [-0.25, -0.2) is 0 Å². The summed E-state index contributed by atoms with van der Waals surface area (Å²) in [5.41, 5.74) is 1.20. The van der Waals surface area contributed by atoms with Crippen molar-refractivity contribution in [2.24, 2.45) is 23.7 Å². The molecule has 2 heterocycles. The summed E-state index contributed by atoms with van der Waals surface area (Å²) >= 11 is 0. The molecule has 0 unspecified atom stereocenters. The zero-order valence-corrected chi connectivity index (χ0v) is 19.0. The lowest BCUT2D eigenvalue weighted by atomic mass is 9.78. The molecule has 1 aromatic rings. The number of aliphatic hydroxyl groups is 1. The van der Waals surface area contributed by atoms with Crippen LogP contribution in [0.5, 0.6) is 11.5 Å². The molecule has 0 bridgehead atoms. The van der Waals surface area contributed by atoms with Crippen molar-refractivity contribution in [1.82, 2.24) is 9.80 Å². The van der Waals surface area contributed by atoms with Crippen molar-refractivity contribution in [3.8, 4) is 11.5 Å². The van der Waals surface area contributed by atoms with E-state index in [4.69, 9.17) is 9.47 Å². The number of carbonyl (C=O) groups is 1. The standard InChI is InChI=1S/C24H38N2O4/c1-5-30-22-7-6-18(12-23(22)29-4)13-25-14-20(16-27)21(15-25)19-8-10-26(11-9-19)24(28)17(2)3/h6-7,12,17,19-21,27H,5,8-11,13-16H2,1-4H3/t20-,21-/m0/s1. The number of hydrogen-bond acceptors (Lipinski definition) is 5. The Hall–Kier alpha value is -1.79. The molecule has 2 aliphatic rings. The summed E-state index contributed by atoms with van der Waals surface area (Å²) in [7, 11) is 1.67. The second-order valence-corrected chi connectivity index (χ2v) is 9.04. The van der Waals surface area contributed by atoms with Crippen LogP contribution in [0, 0.1) is 23.7 Å². The summed E-state index contributed by atoms with van der Waals surface area (Å²) in [5.74, 6) is 3.27. The van der Waals surface area contributed by atoms with Gasteiger partial charge in [0.25, 0.3) is 0 Å². The van der Waals surface area contributed by atoms with Crippen LogP contribution in [0.15, 0.2) is 18.2 Å². The molecule has 1 amide bonds. The van der Waals surface area contributed by atoms with Gasteiger partial charge in [0.15, 0.2) is 11.5 Å². The van der Waals surface area contributed by atoms with Crippen LogP contribution in [-0.4, -0.2) is 67.3 Å². The molecule has 2 fully saturated rings. The van der Waals surface area contributed by atoms with Gasteiger partial charge in [-0.1, -0.05) is 19.9 Å². The minimum atomic E-state index is 0.0693. The number of piperidine rings is 1. The van der Waals surface area contributed by atoms with Gasteiger partial charge in [-0.2, -0.15) is 0 Å². The fourth-order valence-corrected chi connectivity index (χ4v) is 5.10. The Morgan fingerprint density at radius 1 is 1.20 bits per heavy atom.